The predicted molar refractivity (Wildman–Crippen MR) is 75.6 cm³/mol. The number of aromatic nitrogens is 2. The zero-order valence-electron chi connectivity index (χ0n) is 11.7. The lowest BCUT2D eigenvalue weighted by Gasteiger charge is -2.24. The summed E-state index contributed by atoms with van der Waals surface area (Å²) in [5.74, 6) is 1.67. The minimum atomic E-state index is 0.342. The van der Waals surface area contributed by atoms with Gasteiger partial charge in [0.05, 0.1) is 12.4 Å². The number of rotatable bonds is 3. The van der Waals surface area contributed by atoms with Gasteiger partial charge in [-0.1, -0.05) is 6.42 Å². The molecule has 104 valence electrons. The quantitative estimate of drug-likeness (QED) is 0.837. The summed E-state index contributed by atoms with van der Waals surface area (Å²) in [6, 6.07) is 0.569. The highest BCUT2D eigenvalue weighted by Crippen LogP contribution is 2.26. The maximum atomic E-state index is 5.99. The summed E-state index contributed by atoms with van der Waals surface area (Å²) in [7, 11) is 0. The molecule has 4 nitrogen and oxygen atoms in total. The first-order valence-electron chi connectivity index (χ1n) is 7.58. The van der Waals surface area contributed by atoms with E-state index in [4.69, 9.17) is 4.74 Å². The van der Waals surface area contributed by atoms with E-state index in [1.807, 2.05) is 6.20 Å². The summed E-state index contributed by atoms with van der Waals surface area (Å²) in [4.78, 5) is 11.3. The van der Waals surface area contributed by atoms with Gasteiger partial charge < -0.3 is 9.64 Å². The van der Waals surface area contributed by atoms with E-state index in [0.29, 0.717) is 18.0 Å². The second kappa shape index (κ2) is 5.76. The van der Waals surface area contributed by atoms with Crippen LogP contribution in [0.5, 0.6) is 5.88 Å². The van der Waals surface area contributed by atoms with Crippen molar-refractivity contribution in [2.24, 2.45) is 0 Å². The first-order valence-corrected chi connectivity index (χ1v) is 7.58. The number of anilines is 1. The molecule has 0 N–H and O–H groups in total. The minimum absolute atomic E-state index is 0.342. The zero-order valence-corrected chi connectivity index (χ0v) is 11.7. The second-order valence-corrected chi connectivity index (χ2v) is 5.78. The largest absolute Gasteiger partial charge is 0.473 e. The molecule has 19 heavy (non-hydrogen) atoms. The van der Waals surface area contributed by atoms with Gasteiger partial charge in [-0.05, 0) is 45.4 Å². The molecule has 4 heteroatoms. The van der Waals surface area contributed by atoms with Crippen LogP contribution >= 0.6 is 0 Å². The Morgan fingerprint density at radius 1 is 1.11 bits per heavy atom. The van der Waals surface area contributed by atoms with Gasteiger partial charge in [0.25, 0.3) is 0 Å². The molecule has 0 aromatic carbocycles. The van der Waals surface area contributed by atoms with Gasteiger partial charge in [0.1, 0.15) is 6.10 Å². The zero-order chi connectivity index (χ0) is 13.1. The third-order valence-electron chi connectivity index (χ3n) is 4.29. The smallest absolute Gasteiger partial charge is 0.234 e. The van der Waals surface area contributed by atoms with Crippen LogP contribution in [-0.4, -0.2) is 28.7 Å². The Hall–Kier alpha value is -1.32. The normalized spacial score (nSPS) is 24.7. The molecule has 2 heterocycles. The van der Waals surface area contributed by atoms with Crippen molar-refractivity contribution in [3.05, 3.63) is 12.4 Å². The molecule has 1 saturated heterocycles. The van der Waals surface area contributed by atoms with Crippen LogP contribution in [-0.2, 0) is 0 Å². The molecule has 1 aliphatic heterocycles. The van der Waals surface area contributed by atoms with Gasteiger partial charge in [0, 0.05) is 12.6 Å². The van der Waals surface area contributed by atoms with Crippen molar-refractivity contribution in [2.45, 2.75) is 64.0 Å². The highest BCUT2D eigenvalue weighted by Gasteiger charge is 2.22. The van der Waals surface area contributed by atoms with Crippen molar-refractivity contribution in [3.8, 4) is 5.88 Å². The lowest BCUT2D eigenvalue weighted by Crippen LogP contribution is -2.27. The standard InChI is InChI=1S/C15H23N3O/c1-12-6-5-9-18(12)14-10-16-11-15(17-14)19-13-7-3-2-4-8-13/h10-13H,2-9H2,1H3. The van der Waals surface area contributed by atoms with Crippen molar-refractivity contribution in [1.82, 2.24) is 9.97 Å². The fraction of sp³-hybridized carbons (Fsp3) is 0.733. The minimum Gasteiger partial charge on any atom is -0.473 e. The molecule has 0 amide bonds. The maximum Gasteiger partial charge on any atom is 0.234 e. The van der Waals surface area contributed by atoms with Crippen LogP contribution in [0, 0.1) is 0 Å². The Morgan fingerprint density at radius 3 is 2.68 bits per heavy atom. The average Bonchev–Trinajstić information content (AvgIpc) is 2.86. The van der Waals surface area contributed by atoms with Gasteiger partial charge >= 0.3 is 0 Å². The molecule has 2 aliphatic rings. The molecular weight excluding hydrogens is 238 g/mol. The molecule has 1 atom stereocenters. The van der Waals surface area contributed by atoms with Gasteiger partial charge in [0.2, 0.25) is 5.88 Å². The average molecular weight is 261 g/mol. The fourth-order valence-electron chi connectivity index (χ4n) is 3.16. The van der Waals surface area contributed by atoms with Crippen molar-refractivity contribution < 1.29 is 4.74 Å². The van der Waals surface area contributed by atoms with Gasteiger partial charge in [-0.25, -0.2) is 0 Å². The van der Waals surface area contributed by atoms with Gasteiger partial charge in [-0.3, -0.25) is 4.98 Å². The first kappa shape index (κ1) is 12.7. The van der Waals surface area contributed by atoms with Crippen LogP contribution in [0.25, 0.3) is 0 Å². The van der Waals surface area contributed by atoms with Gasteiger partial charge in [-0.2, -0.15) is 4.98 Å². The maximum absolute atomic E-state index is 5.99. The summed E-state index contributed by atoms with van der Waals surface area (Å²) < 4.78 is 5.99. The SMILES string of the molecule is CC1CCCN1c1cncc(OC2CCCCC2)n1. The lowest BCUT2D eigenvalue weighted by atomic mass is 9.98. The van der Waals surface area contributed by atoms with E-state index in [-0.39, 0.29) is 0 Å². The van der Waals surface area contributed by atoms with Crippen LogP contribution in [0.2, 0.25) is 0 Å². The summed E-state index contributed by atoms with van der Waals surface area (Å²) in [5.41, 5.74) is 0. The number of hydrogen-bond acceptors (Lipinski definition) is 4. The highest BCUT2D eigenvalue weighted by molar-refractivity contribution is 5.40. The van der Waals surface area contributed by atoms with Crippen molar-refractivity contribution in [2.75, 3.05) is 11.4 Å². The Labute approximate surface area is 115 Å². The summed E-state index contributed by atoms with van der Waals surface area (Å²) in [6.07, 6.45) is 12.7. The Bertz CT molecular complexity index is 418. The van der Waals surface area contributed by atoms with Crippen LogP contribution in [0.4, 0.5) is 5.82 Å². The Balaban J connectivity index is 1.68. The third-order valence-corrected chi connectivity index (χ3v) is 4.29. The molecule has 0 bridgehead atoms. The summed E-state index contributed by atoms with van der Waals surface area (Å²) >= 11 is 0. The second-order valence-electron chi connectivity index (χ2n) is 5.78. The molecule has 1 aromatic rings. The number of ether oxygens (including phenoxy) is 1. The van der Waals surface area contributed by atoms with Crippen molar-refractivity contribution in [1.29, 1.82) is 0 Å². The van der Waals surface area contributed by atoms with E-state index in [9.17, 15) is 0 Å². The Morgan fingerprint density at radius 2 is 1.95 bits per heavy atom. The molecule has 1 saturated carbocycles. The van der Waals surface area contributed by atoms with E-state index in [2.05, 4.69) is 21.8 Å². The molecule has 1 aromatic heterocycles. The molecule has 2 fully saturated rings. The first-order chi connectivity index (χ1) is 9.33. The molecule has 1 unspecified atom stereocenters. The molecular formula is C15H23N3O. The molecule has 0 spiro atoms. The lowest BCUT2D eigenvalue weighted by molar-refractivity contribution is 0.148. The molecule has 0 radical (unpaired) electrons. The monoisotopic (exact) mass is 261 g/mol. The van der Waals surface area contributed by atoms with Gasteiger partial charge in [-0.15, -0.1) is 0 Å². The number of hydrogen-bond donors (Lipinski definition) is 0. The highest BCUT2D eigenvalue weighted by atomic mass is 16.5. The summed E-state index contributed by atoms with van der Waals surface area (Å²) in [5, 5.41) is 0. The van der Waals surface area contributed by atoms with E-state index < -0.39 is 0 Å². The molecule has 1 aliphatic carbocycles. The van der Waals surface area contributed by atoms with Crippen molar-refractivity contribution in [3.63, 3.8) is 0 Å². The van der Waals surface area contributed by atoms with Crippen LogP contribution in [0.1, 0.15) is 51.9 Å². The van der Waals surface area contributed by atoms with E-state index >= 15 is 0 Å². The molecule has 3 rings (SSSR count). The van der Waals surface area contributed by atoms with E-state index in [1.54, 1.807) is 6.20 Å². The van der Waals surface area contributed by atoms with Crippen LogP contribution in [0.3, 0.4) is 0 Å². The number of nitrogens with zero attached hydrogens (tertiary/aromatic N) is 3. The van der Waals surface area contributed by atoms with Crippen LogP contribution < -0.4 is 9.64 Å². The topological polar surface area (TPSA) is 38.2 Å². The summed E-state index contributed by atoms with van der Waals surface area (Å²) in [6.45, 7) is 3.34. The third kappa shape index (κ3) is 2.99. The van der Waals surface area contributed by atoms with Crippen molar-refractivity contribution >= 4 is 5.82 Å². The Kier molecular flexibility index (Phi) is 3.85. The van der Waals surface area contributed by atoms with E-state index in [0.717, 1.165) is 25.2 Å². The van der Waals surface area contributed by atoms with Gasteiger partial charge in [0.15, 0.2) is 5.82 Å². The predicted octanol–water partition coefficient (Wildman–Crippen LogP) is 3.18. The fourth-order valence-corrected chi connectivity index (χ4v) is 3.16. The van der Waals surface area contributed by atoms with E-state index in [1.165, 1.54) is 32.1 Å². The van der Waals surface area contributed by atoms with Crippen LogP contribution in [0.15, 0.2) is 12.4 Å².